The van der Waals surface area contributed by atoms with Crippen molar-refractivity contribution in [1.82, 2.24) is 15.0 Å². The zero-order chi connectivity index (χ0) is 18.1. The third kappa shape index (κ3) is 2.70. The molecule has 26 heavy (non-hydrogen) atoms. The van der Waals surface area contributed by atoms with Crippen LogP contribution in [0.3, 0.4) is 0 Å². The molecular weight excluding hydrogens is 346 g/mol. The van der Waals surface area contributed by atoms with Gasteiger partial charge in [-0.1, -0.05) is 61.7 Å². The second kappa shape index (κ2) is 6.58. The van der Waals surface area contributed by atoms with E-state index in [4.69, 9.17) is 16.0 Å². The molecule has 5 heteroatoms. The number of benzene rings is 2. The van der Waals surface area contributed by atoms with E-state index in [-0.39, 0.29) is 5.28 Å². The first-order valence-electron chi connectivity index (χ1n) is 7.99. The van der Waals surface area contributed by atoms with Gasteiger partial charge < -0.3 is 4.42 Å². The molecule has 0 saturated carbocycles. The Morgan fingerprint density at radius 3 is 2.35 bits per heavy atom. The van der Waals surface area contributed by atoms with E-state index in [0.29, 0.717) is 23.0 Å². The summed E-state index contributed by atoms with van der Waals surface area (Å²) >= 11 is 6.17. The van der Waals surface area contributed by atoms with Crippen LogP contribution in [-0.2, 0) is 0 Å². The molecule has 126 valence electrons. The van der Waals surface area contributed by atoms with Gasteiger partial charge in [0, 0.05) is 16.5 Å². The second-order valence-electron chi connectivity index (χ2n) is 5.59. The first kappa shape index (κ1) is 16.2. The van der Waals surface area contributed by atoms with Gasteiger partial charge in [-0.2, -0.15) is 9.97 Å². The van der Waals surface area contributed by atoms with Gasteiger partial charge in [0.1, 0.15) is 11.3 Å². The number of rotatable bonds is 4. The number of fused-ring (bicyclic) bond motifs is 1. The molecule has 0 aliphatic heterocycles. The molecule has 0 saturated heterocycles. The molecular formula is C21H14ClN3O. The third-order valence-corrected chi connectivity index (χ3v) is 4.22. The van der Waals surface area contributed by atoms with Crippen molar-refractivity contribution in [3.63, 3.8) is 0 Å². The summed E-state index contributed by atoms with van der Waals surface area (Å²) in [6.07, 6.45) is 3.42. The molecule has 2 aromatic carbocycles. The molecule has 2 heterocycles. The highest BCUT2D eigenvalue weighted by atomic mass is 35.5. The fourth-order valence-electron chi connectivity index (χ4n) is 2.88. The fraction of sp³-hybridized carbons (Fsp3) is 0. The topological polar surface area (TPSA) is 51.8 Å². The van der Waals surface area contributed by atoms with Crippen LogP contribution in [-0.4, -0.2) is 15.0 Å². The third-order valence-electron chi connectivity index (χ3n) is 4.05. The lowest BCUT2D eigenvalue weighted by atomic mass is 10.1. The molecule has 0 aliphatic carbocycles. The average molecular weight is 360 g/mol. The molecule has 0 spiro atoms. The molecule has 2 aromatic heterocycles. The second-order valence-corrected chi connectivity index (χ2v) is 5.93. The van der Waals surface area contributed by atoms with Gasteiger partial charge in [-0.05, 0) is 23.7 Å². The Bertz CT molecular complexity index is 1130. The lowest BCUT2D eigenvalue weighted by Gasteiger charge is -2.05. The minimum atomic E-state index is 0.130. The van der Waals surface area contributed by atoms with E-state index in [1.165, 1.54) is 0 Å². The fourth-order valence-corrected chi connectivity index (χ4v) is 3.04. The molecule has 0 radical (unpaired) electrons. The minimum Gasteiger partial charge on any atom is -0.455 e. The molecule has 0 amide bonds. The normalized spacial score (nSPS) is 10.8. The van der Waals surface area contributed by atoms with E-state index in [1.54, 1.807) is 12.2 Å². The summed E-state index contributed by atoms with van der Waals surface area (Å²) in [5.41, 5.74) is 3.15. The number of hydrogen-bond donors (Lipinski definition) is 0. The first-order valence-corrected chi connectivity index (χ1v) is 8.37. The van der Waals surface area contributed by atoms with Crippen molar-refractivity contribution >= 4 is 34.7 Å². The summed E-state index contributed by atoms with van der Waals surface area (Å²) < 4.78 is 5.98. The maximum absolute atomic E-state index is 6.17. The van der Waals surface area contributed by atoms with Gasteiger partial charge in [-0.25, -0.2) is 4.98 Å². The van der Waals surface area contributed by atoms with Crippen molar-refractivity contribution in [1.29, 1.82) is 0 Å². The van der Waals surface area contributed by atoms with Crippen LogP contribution in [0.25, 0.3) is 45.9 Å². The maximum Gasteiger partial charge on any atom is 0.226 e. The van der Waals surface area contributed by atoms with Crippen LogP contribution in [0, 0.1) is 0 Å². The Balaban J connectivity index is 1.96. The number of para-hydroxylation sites is 1. The largest absolute Gasteiger partial charge is 0.455 e. The molecule has 0 bridgehead atoms. The predicted octanol–water partition coefficient (Wildman–Crippen LogP) is 5.89. The van der Waals surface area contributed by atoms with Gasteiger partial charge in [0.15, 0.2) is 11.6 Å². The smallest absolute Gasteiger partial charge is 0.226 e. The van der Waals surface area contributed by atoms with Crippen LogP contribution >= 0.6 is 11.6 Å². The molecule has 0 N–H and O–H groups in total. The van der Waals surface area contributed by atoms with Gasteiger partial charge in [-0.3, -0.25) is 0 Å². The molecule has 4 nitrogen and oxygen atoms in total. The zero-order valence-corrected chi connectivity index (χ0v) is 14.6. The lowest BCUT2D eigenvalue weighted by molar-refractivity contribution is 0.604. The van der Waals surface area contributed by atoms with Crippen LogP contribution in [0.5, 0.6) is 0 Å². The molecule has 0 unspecified atom stereocenters. The maximum atomic E-state index is 6.17. The van der Waals surface area contributed by atoms with Crippen molar-refractivity contribution in [3.05, 3.63) is 78.3 Å². The Morgan fingerprint density at radius 2 is 1.62 bits per heavy atom. The summed E-state index contributed by atoms with van der Waals surface area (Å²) in [7, 11) is 0. The summed E-state index contributed by atoms with van der Waals surface area (Å²) in [6.45, 7) is 7.66. The Hall–Kier alpha value is -3.24. The molecule has 0 atom stereocenters. The highest BCUT2D eigenvalue weighted by Crippen LogP contribution is 2.34. The first-order chi connectivity index (χ1) is 12.7. The molecule has 0 aliphatic rings. The van der Waals surface area contributed by atoms with Gasteiger partial charge in [-0.15, -0.1) is 0 Å². The van der Waals surface area contributed by atoms with E-state index >= 15 is 0 Å². The van der Waals surface area contributed by atoms with Gasteiger partial charge >= 0.3 is 0 Å². The lowest BCUT2D eigenvalue weighted by Crippen LogP contribution is -1.97. The minimum absolute atomic E-state index is 0.130. The van der Waals surface area contributed by atoms with Crippen molar-refractivity contribution in [2.45, 2.75) is 0 Å². The SMILES string of the molecule is C=Cc1oc2c(-c3nc(Cl)nc(-c4ccccc4)n3)cccc2c1C=C. The van der Waals surface area contributed by atoms with Gasteiger partial charge in [0.2, 0.25) is 5.28 Å². The highest BCUT2D eigenvalue weighted by molar-refractivity contribution is 6.28. The quantitative estimate of drug-likeness (QED) is 0.455. The van der Waals surface area contributed by atoms with Crippen molar-refractivity contribution < 1.29 is 4.42 Å². The van der Waals surface area contributed by atoms with Crippen LogP contribution in [0.2, 0.25) is 5.28 Å². The van der Waals surface area contributed by atoms with Crippen LogP contribution < -0.4 is 0 Å². The van der Waals surface area contributed by atoms with E-state index in [1.807, 2.05) is 48.5 Å². The molecule has 4 aromatic rings. The van der Waals surface area contributed by atoms with Crippen molar-refractivity contribution in [2.24, 2.45) is 0 Å². The zero-order valence-electron chi connectivity index (χ0n) is 13.8. The van der Waals surface area contributed by atoms with Crippen molar-refractivity contribution in [3.8, 4) is 22.8 Å². The van der Waals surface area contributed by atoms with E-state index in [9.17, 15) is 0 Å². The average Bonchev–Trinajstić information content (AvgIpc) is 3.06. The summed E-state index contributed by atoms with van der Waals surface area (Å²) in [5, 5.41) is 1.05. The number of hydrogen-bond acceptors (Lipinski definition) is 4. The van der Waals surface area contributed by atoms with Crippen LogP contribution in [0.15, 0.2) is 66.1 Å². The standard InChI is InChI=1S/C21H14ClN3O/c1-3-14-15-11-8-12-16(18(15)26-17(14)4-2)20-23-19(24-21(22)25-20)13-9-6-5-7-10-13/h3-12H,1-2H2. The van der Waals surface area contributed by atoms with Gasteiger partial charge in [0.05, 0.1) is 5.56 Å². The Labute approximate surface area is 155 Å². The summed E-state index contributed by atoms with van der Waals surface area (Å²) in [5.74, 6) is 1.62. The van der Waals surface area contributed by atoms with Crippen LogP contribution in [0.1, 0.15) is 11.3 Å². The number of aromatic nitrogens is 3. The van der Waals surface area contributed by atoms with E-state index in [0.717, 1.165) is 22.1 Å². The number of furan rings is 1. The van der Waals surface area contributed by atoms with Crippen LogP contribution in [0.4, 0.5) is 0 Å². The molecule has 0 fully saturated rings. The van der Waals surface area contributed by atoms with Crippen molar-refractivity contribution in [2.75, 3.05) is 0 Å². The summed E-state index contributed by atoms with van der Waals surface area (Å²) in [4.78, 5) is 13.1. The molecule has 4 rings (SSSR count). The van der Waals surface area contributed by atoms with E-state index in [2.05, 4.69) is 28.1 Å². The summed E-state index contributed by atoms with van der Waals surface area (Å²) in [6, 6.07) is 15.4. The highest BCUT2D eigenvalue weighted by Gasteiger charge is 2.17. The number of nitrogens with zero attached hydrogens (tertiary/aromatic N) is 3. The van der Waals surface area contributed by atoms with Gasteiger partial charge in [0.25, 0.3) is 0 Å². The van der Waals surface area contributed by atoms with E-state index < -0.39 is 0 Å². The Morgan fingerprint density at radius 1 is 0.846 bits per heavy atom. The monoisotopic (exact) mass is 359 g/mol. The Kier molecular flexibility index (Phi) is 4.11. The number of halogens is 1. The predicted molar refractivity (Wildman–Crippen MR) is 106 cm³/mol.